The standard InChI is InChI=1S/C21H27N5O3/c1-3-15-7-9-16(10-8-15)24(17-11-12-17)21(27)20-14(2)25(23-22-20)18-5-4-6-19(13-18)26(28)29/h4-6,13,15-17H,3,7-12H2,1-2H3. The van der Waals surface area contributed by atoms with Crippen LogP contribution in [0.25, 0.3) is 5.69 Å². The van der Waals surface area contributed by atoms with Gasteiger partial charge in [0.05, 0.1) is 16.3 Å². The van der Waals surface area contributed by atoms with E-state index >= 15 is 0 Å². The summed E-state index contributed by atoms with van der Waals surface area (Å²) in [5, 5.41) is 19.4. The highest BCUT2D eigenvalue weighted by Gasteiger charge is 2.40. The predicted molar refractivity (Wildman–Crippen MR) is 108 cm³/mol. The van der Waals surface area contributed by atoms with Crippen molar-refractivity contribution in [3.63, 3.8) is 0 Å². The van der Waals surface area contributed by atoms with Crippen LogP contribution in [0.1, 0.15) is 68.1 Å². The molecule has 0 N–H and O–H groups in total. The van der Waals surface area contributed by atoms with Gasteiger partial charge in [0, 0.05) is 24.2 Å². The second-order valence-corrected chi connectivity index (χ2v) is 8.24. The van der Waals surface area contributed by atoms with Crippen molar-refractivity contribution in [1.29, 1.82) is 0 Å². The van der Waals surface area contributed by atoms with Gasteiger partial charge in [-0.1, -0.05) is 24.6 Å². The van der Waals surface area contributed by atoms with Crippen LogP contribution in [0.4, 0.5) is 5.69 Å². The Hall–Kier alpha value is -2.77. The first-order valence-electron chi connectivity index (χ1n) is 10.5. The Labute approximate surface area is 170 Å². The van der Waals surface area contributed by atoms with E-state index in [0.717, 1.165) is 31.6 Å². The van der Waals surface area contributed by atoms with Crippen LogP contribution in [-0.4, -0.2) is 42.8 Å². The Bertz CT molecular complexity index is 913. The maximum atomic E-state index is 13.4. The summed E-state index contributed by atoms with van der Waals surface area (Å²) in [7, 11) is 0. The molecule has 0 radical (unpaired) electrons. The third-order valence-electron chi connectivity index (χ3n) is 6.34. The number of carbonyl (C=O) groups excluding carboxylic acids is 1. The van der Waals surface area contributed by atoms with Crippen molar-refractivity contribution >= 4 is 11.6 Å². The molecule has 1 heterocycles. The molecule has 0 spiro atoms. The Morgan fingerprint density at radius 2 is 1.86 bits per heavy atom. The molecule has 8 nitrogen and oxygen atoms in total. The van der Waals surface area contributed by atoms with Crippen LogP contribution in [-0.2, 0) is 0 Å². The Balaban J connectivity index is 1.59. The maximum absolute atomic E-state index is 13.4. The highest BCUT2D eigenvalue weighted by atomic mass is 16.6. The smallest absolute Gasteiger partial charge is 0.276 e. The van der Waals surface area contributed by atoms with E-state index in [2.05, 4.69) is 22.1 Å². The summed E-state index contributed by atoms with van der Waals surface area (Å²) < 4.78 is 1.51. The van der Waals surface area contributed by atoms with Gasteiger partial charge in [-0.3, -0.25) is 14.9 Å². The SMILES string of the molecule is CCC1CCC(N(C(=O)c2nnn(-c3cccc([N+](=O)[O-])c3)c2C)C2CC2)CC1. The minimum Gasteiger partial charge on any atom is -0.331 e. The van der Waals surface area contributed by atoms with Crippen LogP contribution in [0.5, 0.6) is 0 Å². The van der Waals surface area contributed by atoms with E-state index in [-0.39, 0.29) is 17.6 Å². The molecule has 4 rings (SSSR count). The van der Waals surface area contributed by atoms with Crippen molar-refractivity contribution in [2.24, 2.45) is 5.92 Å². The van der Waals surface area contributed by atoms with Crippen molar-refractivity contribution in [3.05, 3.63) is 45.8 Å². The van der Waals surface area contributed by atoms with E-state index in [4.69, 9.17) is 0 Å². The Morgan fingerprint density at radius 1 is 1.21 bits per heavy atom. The minimum atomic E-state index is -0.441. The van der Waals surface area contributed by atoms with Crippen molar-refractivity contribution in [1.82, 2.24) is 19.9 Å². The van der Waals surface area contributed by atoms with Crippen LogP contribution in [0, 0.1) is 23.0 Å². The van der Waals surface area contributed by atoms with Gasteiger partial charge < -0.3 is 4.90 Å². The first-order chi connectivity index (χ1) is 14.0. The van der Waals surface area contributed by atoms with Crippen LogP contribution in [0.15, 0.2) is 24.3 Å². The summed E-state index contributed by atoms with van der Waals surface area (Å²) in [4.78, 5) is 26.1. The lowest BCUT2D eigenvalue weighted by atomic mass is 9.83. The van der Waals surface area contributed by atoms with Crippen molar-refractivity contribution in [2.75, 3.05) is 0 Å². The number of carbonyl (C=O) groups is 1. The summed E-state index contributed by atoms with van der Waals surface area (Å²) >= 11 is 0. The lowest BCUT2D eigenvalue weighted by Gasteiger charge is -2.36. The average molecular weight is 397 g/mol. The zero-order chi connectivity index (χ0) is 20.5. The number of benzene rings is 1. The second-order valence-electron chi connectivity index (χ2n) is 8.24. The molecule has 0 unspecified atom stereocenters. The van der Waals surface area contributed by atoms with E-state index in [1.807, 2.05) is 0 Å². The first-order valence-corrected chi connectivity index (χ1v) is 10.5. The number of nitro benzene ring substituents is 1. The predicted octanol–water partition coefficient (Wildman–Crippen LogP) is 4.06. The molecule has 154 valence electrons. The number of rotatable bonds is 6. The van der Waals surface area contributed by atoms with Gasteiger partial charge in [-0.2, -0.15) is 0 Å². The molecule has 0 atom stereocenters. The summed E-state index contributed by atoms with van der Waals surface area (Å²) in [6.45, 7) is 4.04. The molecule has 0 aliphatic heterocycles. The average Bonchev–Trinajstić information content (AvgIpc) is 3.49. The van der Waals surface area contributed by atoms with Gasteiger partial charge in [0.25, 0.3) is 11.6 Å². The number of hydrogen-bond donors (Lipinski definition) is 0. The lowest BCUT2D eigenvalue weighted by Crippen LogP contribution is -2.44. The maximum Gasteiger partial charge on any atom is 0.276 e. The van der Waals surface area contributed by atoms with E-state index < -0.39 is 4.92 Å². The van der Waals surface area contributed by atoms with Crippen LogP contribution < -0.4 is 0 Å². The molecule has 2 aliphatic carbocycles. The second kappa shape index (κ2) is 7.93. The molecule has 2 aromatic rings. The van der Waals surface area contributed by atoms with Crippen LogP contribution in [0.2, 0.25) is 0 Å². The van der Waals surface area contributed by atoms with Gasteiger partial charge in [0.15, 0.2) is 5.69 Å². The summed E-state index contributed by atoms with van der Waals surface area (Å²) in [6, 6.07) is 6.81. The summed E-state index contributed by atoms with van der Waals surface area (Å²) in [5.41, 5.74) is 1.48. The molecule has 2 aliphatic rings. The summed E-state index contributed by atoms with van der Waals surface area (Å²) in [5.74, 6) is 0.723. The van der Waals surface area contributed by atoms with Gasteiger partial charge in [-0.25, -0.2) is 4.68 Å². The number of hydrogen-bond acceptors (Lipinski definition) is 5. The molecule has 8 heteroatoms. The fourth-order valence-corrected chi connectivity index (χ4v) is 4.45. The van der Waals surface area contributed by atoms with Crippen molar-refractivity contribution in [2.45, 2.75) is 70.9 Å². The first kappa shape index (κ1) is 19.5. The monoisotopic (exact) mass is 397 g/mol. The molecule has 0 saturated heterocycles. The highest BCUT2D eigenvalue weighted by molar-refractivity contribution is 5.94. The number of aromatic nitrogens is 3. The number of amides is 1. The van der Waals surface area contributed by atoms with Gasteiger partial charge in [0.2, 0.25) is 0 Å². The normalized spacial score (nSPS) is 21.7. The van der Waals surface area contributed by atoms with E-state index in [9.17, 15) is 14.9 Å². The van der Waals surface area contributed by atoms with Crippen molar-refractivity contribution < 1.29 is 9.72 Å². The molecule has 1 aromatic heterocycles. The van der Waals surface area contributed by atoms with Gasteiger partial charge in [-0.05, 0) is 57.4 Å². The zero-order valence-corrected chi connectivity index (χ0v) is 17.0. The van der Waals surface area contributed by atoms with E-state index in [0.29, 0.717) is 23.1 Å². The van der Waals surface area contributed by atoms with Crippen molar-refractivity contribution in [3.8, 4) is 5.69 Å². The minimum absolute atomic E-state index is 0.0161. The molecular weight excluding hydrogens is 370 g/mol. The molecule has 0 bridgehead atoms. The third kappa shape index (κ3) is 3.88. The molecule has 1 aromatic carbocycles. The van der Waals surface area contributed by atoms with Gasteiger partial charge in [-0.15, -0.1) is 5.10 Å². The quantitative estimate of drug-likeness (QED) is 0.541. The fraction of sp³-hybridized carbons (Fsp3) is 0.571. The van der Waals surface area contributed by atoms with E-state index in [1.54, 1.807) is 19.1 Å². The number of nitrogens with zero attached hydrogens (tertiary/aromatic N) is 5. The van der Waals surface area contributed by atoms with Crippen LogP contribution in [0.3, 0.4) is 0 Å². The number of non-ortho nitro benzene ring substituents is 1. The third-order valence-corrected chi connectivity index (χ3v) is 6.34. The highest BCUT2D eigenvalue weighted by Crippen LogP contribution is 2.37. The fourth-order valence-electron chi connectivity index (χ4n) is 4.45. The molecule has 2 saturated carbocycles. The Kier molecular flexibility index (Phi) is 5.34. The topological polar surface area (TPSA) is 94.2 Å². The summed E-state index contributed by atoms with van der Waals surface area (Å²) in [6.07, 6.45) is 7.78. The van der Waals surface area contributed by atoms with Gasteiger partial charge in [0.1, 0.15) is 0 Å². The molecule has 1 amide bonds. The van der Waals surface area contributed by atoms with E-state index in [1.165, 1.54) is 36.1 Å². The Morgan fingerprint density at radius 3 is 2.45 bits per heavy atom. The largest absolute Gasteiger partial charge is 0.331 e. The van der Waals surface area contributed by atoms with Crippen LogP contribution >= 0.6 is 0 Å². The molecule has 29 heavy (non-hydrogen) atoms. The number of nitro groups is 1. The molecule has 2 fully saturated rings. The molecular formula is C21H27N5O3. The van der Waals surface area contributed by atoms with Gasteiger partial charge >= 0.3 is 0 Å². The lowest BCUT2D eigenvalue weighted by molar-refractivity contribution is -0.384. The zero-order valence-electron chi connectivity index (χ0n) is 17.0.